The second-order valence-electron chi connectivity index (χ2n) is 5.65. The molecule has 0 saturated carbocycles. The predicted octanol–water partition coefficient (Wildman–Crippen LogP) is 2.20. The summed E-state index contributed by atoms with van der Waals surface area (Å²) in [5.74, 6) is 0.109. The van der Waals surface area contributed by atoms with E-state index in [1.807, 2.05) is 12.1 Å². The number of nitrogens with zero attached hydrogens (tertiary/aromatic N) is 1. The van der Waals surface area contributed by atoms with E-state index in [9.17, 15) is 4.79 Å². The standard InChI is InChI=1S/C15H24N2O2S/c1-17-8-5-12(6-9-17)4-7-16-11-14-3-2-13(20-14)10-15(18)19/h2-3,12,16H,4-11H2,1H3,(H,18,19). The zero-order valence-electron chi connectivity index (χ0n) is 12.1. The lowest BCUT2D eigenvalue weighted by atomic mass is 9.94. The van der Waals surface area contributed by atoms with Gasteiger partial charge in [-0.3, -0.25) is 4.79 Å². The quantitative estimate of drug-likeness (QED) is 0.757. The van der Waals surface area contributed by atoms with Crippen LogP contribution in [0.25, 0.3) is 0 Å². The van der Waals surface area contributed by atoms with Crippen LogP contribution < -0.4 is 5.32 Å². The molecule has 0 aliphatic carbocycles. The minimum Gasteiger partial charge on any atom is -0.481 e. The molecule has 1 aromatic heterocycles. The van der Waals surface area contributed by atoms with Crippen molar-refractivity contribution >= 4 is 17.3 Å². The SMILES string of the molecule is CN1CCC(CCNCc2ccc(CC(=O)O)s2)CC1. The van der Waals surface area contributed by atoms with Crippen molar-refractivity contribution in [3.63, 3.8) is 0 Å². The molecule has 1 aliphatic heterocycles. The predicted molar refractivity (Wildman–Crippen MR) is 82.2 cm³/mol. The Labute approximate surface area is 124 Å². The molecule has 0 unspecified atom stereocenters. The second-order valence-corrected chi connectivity index (χ2v) is 6.90. The van der Waals surface area contributed by atoms with Gasteiger partial charge in [-0.1, -0.05) is 0 Å². The van der Waals surface area contributed by atoms with Crippen molar-refractivity contribution in [2.75, 3.05) is 26.7 Å². The normalized spacial score (nSPS) is 17.4. The van der Waals surface area contributed by atoms with Crippen LogP contribution in [-0.2, 0) is 17.8 Å². The van der Waals surface area contributed by atoms with Gasteiger partial charge in [-0.15, -0.1) is 11.3 Å². The van der Waals surface area contributed by atoms with Crippen LogP contribution in [0.5, 0.6) is 0 Å². The van der Waals surface area contributed by atoms with E-state index in [4.69, 9.17) is 5.11 Å². The van der Waals surface area contributed by atoms with E-state index in [1.54, 1.807) is 11.3 Å². The highest BCUT2D eigenvalue weighted by Gasteiger charge is 2.15. The molecule has 1 saturated heterocycles. The topological polar surface area (TPSA) is 52.6 Å². The summed E-state index contributed by atoms with van der Waals surface area (Å²) in [6.45, 7) is 4.37. The summed E-state index contributed by atoms with van der Waals surface area (Å²) in [6, 6.07) is 3.96. The van der Waals surface area contributed by atoms with Gasteiger partial charge >= 0.3 is 5.97 Å². The van der Waals surface area contributed by atoms with Crippen LogP contribution >= 0.6 is 11.3 Å². The first-order valence-corrected chi connectivity index (χ1v) is 8.14. The molecule has 112 valence electrons. The number of likely N-dealkylation sites (tertiary alicyclic amines) is 1. The Morgan fingerprint density at radius 3 is 2.80 bits per heavy atom. The molecule has 4 nitrogen and oxygen atoms in total. The number of carbonyl (C=O) groups is 1. The summed E-state index contributed by atoms with van der Waals surface area (Å²) < 4.78 is 0. The smallest absolute Gasteiger partial charge is 0.308 e. The summed E-state index contributed by atoms with van der Waals surface area (Å²) in [5.41, 5.74) is 0. The fourth-order valence-corrected chi connectivity index (χ4v) is 3.61. The lowest BCUT2D eigenvalue weighted by molar-refractivity contribution is -0.136. The van der Waals surface area contributed by atoms with Gasteiger partial charge in [0.25, 0.3) is 0 Å². The van der Waals surface area contributed by atoms with Crippen molar-refractivity contribution in [1.29, 1.82) is 0 Å². The van der Waals surface area contributed by atoms with Crippen molar-refractivity contribution < 1.29 is 9.90 Å². The van der Waals surface area contributed by atoms with Crippen LogP contribution in [0.1, 0.15) is 29.0 Å². The van der Waals surface area contributed by atoms with Crippen molar-refractivity contribution in [3.8, 4) is 0 Å². The number of hydrogen-bond donors (Lipinski definition) is 2. The summed E-state index contributed by atoms with van der Waals surface area (Å²) in [6.07, 6.45) is 4.03. The average molecular weight is 296 g/mol. The van der Waals surface area contributed by atoms with Crippen molar-refractivity contribution in [3.05, 3.63) is 21.9 Å². The molecule has 1 aromatic rings. The lowest BCUT2D eigenvalue weighted by Crippen LogP contribution is -2.31. The molecule has 5 heteroatoms. The maximum absolute atomic E-state index is 10.6. The number of thiophene rings is 1. The number of carboxylic acids is 1. The van der Waals surface area contributed by atoms with Gasteiger partial charge in [0.1, 0.15) is 0 Å². The Hall–Kier alpha value is -0.910. The van der Waals surface area contributed by atoms with Gasteiger partial charge in [0.05, 0.1) is 6.42 Å². The number of hydrogen-bond acceptors (Lipinski definition) is 4. The van der Waals surface area contributed by atoms with E-state index in [2.05, 4.69) is 17.3 Å². The molecule has 0 spiro atoms. The lowest BCUT2D eigenvalue weighted by Gasteiger charge is -2.28. The highest BCUT2D eigenvalue weighted by Crippen LogP contribution is 2.19. The molecule has 0 amide bonds. The molecule has 0 bridgehead atoms. The molecule has 0 radical (unpaired) electrons. The van der Waals surface area contributed by atoms with Gasteiger partial charge in [-0.05, 0) is 64.0 Å². The van der Waals surface area contributed by atoms with E-state index in [0.29, 0.717) is 0 Å². The maximum atomic E-state index is 10.6. The molecule has 1 aliphatic rings. The van der Waals surface area contributed by atoms with E-state index in [-0.39, 0.29) is 6.42 Å². The summed E-state index contributed by atoms with van der Waals surface area (Å²) in [7, 11) is 2.19. The van der Waals surface area contributed by atoms with Crippen molar-refractivity contribution in [2.45, 2.75) is 32.2 Å². The number of rotatable bonds is 7. The van der Waals surface area contributed by atoms with Crippen LogP contribution in [0, 0.1) is 5.92 Å². The Balaban J connectivity index is 1.61. The van der Waals surface area contributed by atoms with E-state index < -0.39 is 5.97 Å². The summed E-state index contributed by atoms with van der Waals surface area (Å²) in [5, 5.41) is 12.2. The van der Waals surface area contributed by atoms with Crippen LogP contribution in [0.2, 0.25) is 0 Å². The number of carboxylic acid groups (broad SMARTS) is 1. The molecular weight excluding hydrogens is 272 g/mol. The third-order valence-corrected chi connectivity index (χ3v) is 4.99. The Morgan fingerprint density at radius 2 is 2.10 bits per heavy atom. The van der Waals surface area contributed by atoms with Gasteiger partial charge in [0.2, 0.25) is 0 Å². The fraction of sp³-hybridized carbons (Fsp3) is 0.667. The molecule has 1 fully saturated rings. The monoisotopic (exact) mass is 296 g/mol. The zero-order chi connectivity index (χ0) is 14.4. The number of piperidine rings is 1. The molecule has 2 rings (SSSR count). The number of aliphatic carboxylic acids is 1. The molecule has 2 N–H and O–H groups in total. The fourth-order valence-electron chi connectivity index (χ4n) is 2.63. The van der Waals surface area contributed by atoms with Crippen LogP contribution in [-0.4, -0.2) is 42.7 Å². The van der Waals surface area contributed by atoms with Gasteiger partial charge in [0, 0.05) is 16.3 Å². The molecule has 2 heterocycles. The van der Waals surface area contributed by atoms with Crippen LogP contribution in [0.3, 0.4) is 0 Å². The van der Waals surface area contributed by atoms with E-state index in [1.165, 1.54) is 37.2 Å². The Morgan fingerprint density at radius 1 is 1.40 bits per heavy atom. The van der Waals surface area contributed by atoms with Gasteiger partial charge in [-0.2, -0.15) is 0 Å². The molecular formula is C15H24N2O2S. The van der Waals surface area contributed by atoms with Crippen molar-refractivity contribution in [1.82, 2.24) is 10.2 Å². The van der Waals surface area contributed by atoms with Crippen LogP contribution in [0.4, 0.5) is 0 Å². The first-order valence-electron chi connectivity index (χ1n) is 7.32. The highest BCUT2D eigenvalue weighted by atomic mass is 32.1. The average Bonchev–Trinajstić information content (AvgIpc) is 2.83. The minimum absolute atomic E-state index is 0.139. The Kier molecular flexibility index (Phi) is 6.01. The summed E-state index contributed by atoms with van der Waals surface area (Å²) in [4.78, 5) is 15.2. The second kappa shape index (κ2) is 7.76. The first kappa shape index (κ1) is 15.5. The molecule has 0 atom stereocenters. The molecule has 20 heavy (non-hydrogen) atoms. The summed E-state index contributed by atoms with van der Waals surface area (Å²) >= 11 is 1.60. The van der Waals surface area contributed by atoms with Gasteiger partial charge in [-0.25, -0.2) is 0 Å². The maximum Gasteiger partial charge on any atom is 0.308 e. The number of nitrogens with one attached hydrogen (secondary N) is 1. The van der Waals surface area contributed by atoms with E-state index >= 15 is 0 Å². The minimum atomic E-state index is -0.756. The third kappa shape index (κ3) is 5.23. The zero-order valence-corrected chi connectivity index (χ0v) is 12.9. The van der Waals surface area contributed by atoms with Gasteiger partial charge in [0.15, 0.2) is 0 Å². The van der Waals surface area contributed by atoms with E-state index in [0.717, 1.165) is 23.9 Å². The first-order chi connectivity index (χ1) is 9.63. The largest absolute Gasteiger partial charge is 0.481 e. The molecule has 0 aromatic carbocycles. The van der Waals surface area contributed by atoms with Crippen LogP contribution in [0.15, 0.2) is 12.1 Å². The Bertz CT molecular complexity index is 425. The third-order valence-electron chi connectivity index (χ3n) is 3.91. The van der Waals surface area contributed by atoms with Gasteiger partial charge < -0.3 is 15.3 Å². The highest BCUT2D eigenvalue weighted by molar-refractivity contribution is 7.12. The van der Waals surface area contributed by atoms with Crippen molar-refractivity contribution in [2.24, 2.45) is 5.92 Å².